The molecule has 5 heteroatoms. The fourth-order valence-corrected chi connectivity index (χ4v) is 1.02. The van der Waals surface area contributed by atoms with Gasteiger partial charge in [-0.25, -0.2) is 0 Å². The van der Waals surface area contributed by atoms with Crippen LogP contribution in [0.1, 0.15) is 6.92 Å². The number of nitrogens with zero attached hydrogens (tertiary/aromatic N) is 1. The highest BCUT2D eigenvalue weighted by Gasteiger charge is 2.11. The number of quaternary nitrogens is 1. The van der Waals surface area contributed by atoms with Gasteiger partial charge in [0.05, 0.1) is 26.9 Å². The summed E-state index contributed by atoms with van der Waals surface area (Å²) >= 11 is 0. The molecule has 0 N–H and O–H groups in total. The molecule has 0 heterocycles. The van der Waals surface area contributed by atoms with Crippen molar-refractivity contribution in [2.45, 2.75) is 6.92 Å². The Morgan fingerprint density at radius 2 is 1.75 bits per heavy atom. The summed E-state index contributed by atoms with van der Waals surface area (Å²) in [5.74, 6) is 0.0458. The fourth-order valence-electron chi connectivity index (χ4n) is 0.521. The van der Waals surface area contributed by atoms with Crippen molar-refractivity contribution in [1.82, 2.24) is 0 Å². The summed E-state index contributed by atoms with van der Waals surface area (Å²) in [6.07, 6.45) is 0. The Morgan fingerprint density at radius 3 is 2.08 bits per heavy atom. The molecule has 0 aliphatic rings. The van der Waals surface area contributed by atoms with Crippen molar-refractivity contribution in [3.05, 3.63) is 0 Å². The van der Waals surface area contributed by atoms with Crippen molar-refractivity contribution in [3.63, 3.8) is 0 Å². The minimum atomic E-state index is -3.25. The first-order valence-electron chi connectivity index (χ1n) is 3.94. The maximum atomic E-state index is 10.9. The van der Waals surface area contributed by atoms with Crippen molar-refractivity contribution in [3.8, 4) is 0 Å². The highest BCUT2D eigenvalue weighted by atomic mass is 32.2. The Kier molecular flexibility index (Phi) is 4.16. The van der Waals surface area contributed by atoms with Crippen LogP contribution in [0.5, 0.6) is 0 Å². The van der Waals surface area contributed by atoms with Crippen molar-refractivity contribution in [2.75, 3.05) is 40.0 Å². The van der Waals surface area contributed by atoms with Gasteiger partial charge in [0.1, 0.15) is 13.2 Å². The zero-order chi connectivity index (χ0) is 9.83. The molecule has 0 rings (SSSR count). The topological polar surface area (TPSA) is 43.4 Å². The molecule has 0 radical (unpaired) electrons. The van der Waals surface area contributed by atoms with Gasteiger partial charge < -0.3 is 4.48 Å². The summed E-state index contributed by atoms with van der Waals surface area (Å²) < 4.78 is 27.1. The number of hydrogen-bond donors (Lipinski definition) is 0. The Balaban J connectivity index is 3.73. The zero-order valence-electron chi connectivity index (χ0n) is 8.20. The monoisotopic (exact) mass is 196 g/mol. The second kappa shape index (κ2) is 4.20. The molecule has 0 aliphatic carbocycles. The van der Waals surface area contributed by atoms with Crippen LogP contribution in [-0.4, -0.2) is 52.9 Å². The molecule has 0 amide bonds. The van der Waals surface area contributed by atoms with Gasteiger partial charge in [-0.2, -0.15) is 8.42 Å². The second-order valence-electron chi connectivity index (χ2n) is 3.68. The molecule has 0 fully saturated rings. The van der Waals surface area contributed by atoms with Gasteiger partial charge in [0.2, 0.25) is 0 Å². The van der Waals surface area contributed by atoms with Crippen LogP contribution < -0.4 is 0 Å². The van der Waals surface area contributed by atoms with Crippen molar-refractivity contribution in [1.29, 1.82) is 0 Å². The second-order valence-corrected chi connectivity index (χ2v) is 5.61. The average Bonchev–Trinajstić information content (AvgIpc) is 1.84. The average molecular weight is 196 g/mol. The Labute approximate surface area is 74.8 Å². The van der Waals surface area contributed by atoms with Gasteiger partial charge in [0.25, 0.3) is 10.1 Å². The minimum absolute atomic E-state index is 0.0458. The molecule has 0 unspecified atom stereocenters. The molecular weight excluding hydrogens is 178 g/mol. The summed E-state index contributed by atoms with van der Waals surface area (Å²) in [5, 5.41) is 0. The Bertz CT molecular complexity index is 215. The highest BCUT2D eigenvalue weighted by molar-refractivity contribution is 7.86. The molecule has 4 nitrogen and oxygen atoms in total. The summed E-state index contributed by atoms with van der Waals surface area (Å²) in [6, 6.07) is 0. The molecule has 0 aliphatic heterocycles. The third-order valence-corrected chi connectivity index (χ3v) is 2.61. The lowest BCUT2D eigenvalue weighted by Crippen LogP contribution is -2.38. The molecule has 0 aromatic rings. The molecule has 0 bridgehead atoms. The first-order chi connectivity index (χ1) is 5.27. The van der Waals surface area contributed by atoms with E-state index in [0.29, 0.717) is 11.0 Å². The van der Waals surface area contributed by atoms with E-state index in [-0.39, 0.29) is 12.4 Å². The van der Waals surface area contributed by atoms with Crippen LogP contribution in [0, 0.1) is 0 Å². The van der Waals surface area contributed by atoms with Gasteiger partial charge in [-0.3, -0.25) is 4.18 Å². The summed E-state index contributed by atoms with van der Waals surface area (Å²) in [4.78, 5) is 0. The van der Waals surface area contributed by atoms with E-state index in [9.17, 15) is 8.42 Å². The van der Waals surface area contributed by atoms with E-state index in [2.05, 4.69) is 0 Å². The normalized spacial score (nSPS) is 13.3. The van der Waals surface area contributed by atoms with Crippen LogP contribution in [0.2, 0.25) is 0 Å². The molecule has 0 spiro atoms. The van der Waals surface area contributed by atoms with E-state index in [0.717, 1.165) is 0 Å². The minimum Gasteiger partial charge on any atom is -0.329 e. The molecule has 74 valence electrons. The number of rotatable bonds is 5. The van der Waals surface area contributed by atoms with Gasteiger partial charge in [-0.05, 0) is 6.92 Å². The fraction of sp³-hybridized carbons (Fsp3) is 1.00. The molecule has 0 atom stereocenters. The molecule has 0 aromatic carbocycles. The van der Waals surface area contributed by atoms with Crippen LogP contribution in [0.3, 0.4) is 0 Å². The molecule has 0 saturated carbocycles. The maximum Gasteiger partial charge on any atom is 0.267 e. The quantitative estimate of drug-likeness (QED) is 0.461. The van der Waals surface area contributed by atoms with Gasteiger partial charge in [-0.1, -0.05) is 0 Å². The van der Waals surface area contributed by atoms with E-state index in [1.54, 1.807) is 6.92 Å². The smallest absolute Gasteiger partial charge is 0.267 e. The van der Waals surface area contributed by atoms with E-state index in [4.69, 9.17) is 4.18 Å². The predicted octanol–water partition coefficient (Wildman–Crippen LogP) is 0.0589. The van der Waals surface area contributed by atoms with Crippen molar-refractivity contribution >= 4 is 10.1 Å². The number of hydrogen-bond acceptors (Lipinski definition) is 3. The third-order valence-electron chi connectivity index (χ3n) is 1.38. The Hall–Kier alpha value is -0.130. The largest absolute Gasteiger partial charge is 0.329 e. The Morgan fingerprint density at radius 1 is 1.25 bits per heavy atom. The van der Waals surface area contributed by atoms with Crippen LogP contribution in [0.25, 0.3) is 0 Å². The van der Waals surface area contributed by atoms with Crippen molar-refractivity contribution < 1.29 is 17.1 Å². The zero-order valence-corrected chi connectivity index (χ0v) is 9.02. The SMILES string of the molecule is CCS(=O)(=O)OCC[N+](C)(C)C. The maximum absolute atomic E-state index is 10.9. The van der Waals surface area contributed by atoms with Crippen LogP contribution in [0.15, 0.2) is 0 Å². The highest BCUT2D eigenvalue weighted by Crippen LogP contribution is 1.95. The van der Waals surface area contributed by atoms with E-state index in [1.165, 1.54) is 0 Å². The van der Waals surface area contributed by atoms with Crippen LogP contribution >= 0.6 is 0 Å². The van der Waals surface area contributed by atoms with Gasteiger partial charge in [0.15, 0.2) is 0 Å². The molecule has 0 saturated heterocycles. The first kappa shape index (κ1) is 11.9. The van der Waals surface area contributed by atoms with Gasteiger partial charge in [0, 0.05) is 0 Å². The van der Waals surface area contributed by atoms with Gasteiger partial charge >= 0.3 is 0 Å². The number of likely N-dealkylation sites (N-methyl/N-ethyl adjacent to an activating group) is 1. The summed E-state index contributed by atoms with van der Waals surface area (Å²) in [7, 11) is 2.71. The summed E-state index contributed by atoms with van der Waals surface area (Å²) in [5.41, 5.74) is 0. The lowest BCUT2D eigenvalue weighted by molar-refractivity contribution is -0.870. The molecule has 0 aromatic heterocycles. The summed E-state index contributed by atoms with van der Waals surface area (Å²) in [6.45, 7) is 2.53. The molecular formula is C7H18NO3S+. The predicted molar refractivity (Wildman–Crippen MR) is 48.3 cm³/mol. The van der Waals surface area contributed by atoms with Crippen LogP contribution in [-0.2, 0) is 14.3 Å². The lowest BCUT2D eigenvalue weighted by Gasteiger charge is -2.23. The third kappa shape index (κ3) is 6.57. The first-order valence-corrected chi connectivity index (χ1v) is 5.52. The lowest BCUT2D eigenvalue weighted by atomic mass is 10.5. The van der Waals surface area contributed by atoms with E-state index >= 15 is 0 Å². The van der Waals surface area contributed by atoms with Gasteiger partial charge in [-0.15, -0.1) is 0 Å². The molecule has 12 heavy (non-hydrogen) atoms. The van der Waals surface area contributed by atoms with Crippen molar-refractivity contribution in [2.24, 2.45) is 0 Å². The van der Waals surface area contributed by atoms with E-state index in [1.807, 2.05) is 21.1 Å². The van der Waals surface area contributed by atoms with Crippen LogP contribution in [0.4, 0.5) is 0 Å². The van der Waals surface area contributed by atoms with E-state index < -0.39 is 10.1 Å². The standard InChI is InChI=1S/C7H18NO3S/c1-5-12(9,10)11-7-6-8(2,3)4/h5-7H2,1-4H3/q+1.